The van der Waals surface area contributed by atoms with Crippen molar-refractivity contribution in [3.05, 3.63) is 0 Å². The molecule has 17 heteroatoms. The maximum Gasteiger partial charge on any atom is 0.248 e. The minimum absolute atomic E-state index is 0.00802. The minimum atomic E-state index is 0.00802. The van der Waals surface area contributed by atoms with Gasteiger partial charge >= 0.3 is 0 Å². The Morgan fingerprint density at radius 2 is 0.551 bits per heavy atom. The molecule has 0 radical (unpaired) electrons. The lowest BCUT2D eigenvalue weighted by Crippen LogP contribution is -2.43. The fraction of sp³-hybridized carbons (Fsp3) is 0.944. The number of unbranched alkanes of at least 4 members (excludes halogenated alkanes) is 8. The molecule has 0 N–H and O–H groups in total. The van der Waals surface area contributed by atoms with Gasteiger partial charge in [0.25, 0.3) is 0 Å². The van der Waals surface area contributed by atoms with Gasteiger partial charge in [-0.25, -0.2) is 0 Å². The summed E-state index contributed by atoms with van der Waals surface area (Å²) in [5.41, 5.74) is 0. The largest absolute Gasteiger partial charge is 0.367 e. The van der Waals surface area contributed by atoms with E-state index in [0.717, 1.165) is 95.1 Å². The molecule has 0 spiro atoms. The molecule has 8 nitrogen and oxygen atoms in total. The quantitative estimate of drug-likeness (QED) is 0.0435. The fourth-order valence-electron chi connectivity index (χ4n) is 11.8. The van der Waals surface area contributed by atoms with Crippen molar-refractivity contribution in [2.24, 2.45) is 47.3 Å². The van der Waals surface area contributed by atoms with E-state index in [1.54, 1.807) is 18.4 Å². The summed E-state index contributed by atoms with van der Waals surface area (Å²) < 4.78 is 12.3. The second kappa shape index (κ2) is 68.3. The molecule has 2 amide bonds. The van der Waals surface area contributed by atoms with Crippen molar-refractivity contribution in [2.45, 2.75) is 316 Å². The van der Waals surface area contributed by atoms with Crippen LogP contribution in [0.25, 0.3) is 0 Å². The zero-order valence-corrected chi connectivity index (χ0v) is 68.4. The number of hydrogen-bond donors (Lipinski definition) is 0. The molecule has 8 unspecified atom stereocenters. The number of thiocarbonyl (C=S) groups is 2. The Morgan fingerprint density at radius 1 is 0.348 bits per heavy atom. The molecule has 0 fully saturated rings. The summed E-state index contributed by atoms with van der Waals surface area (Å²) in [7, 11) is 6.83. The molecule has 0 aliphatic carbocycles. The Bertz CT molecular complexity index is 1540. The van der Waals surface area contributed by atoms with Crippen LogP contribution >= 0.6 is 38.5 Å². The predicted octanol–water partition coefficient (Wildman–Crippen LogP) is 22.4. The van der Waals surface area contributed by atoms with E-state index in [-0.39, 0.29) is 25.0 Å². The number of nitrogens with zero attached hydrogens (tertiary/aromatic N) is 4. The van der Waals surface area contributed by atoms with E-state index in [0.29, 0.717) is 60.6 Å². The number of carbonyl (C=O) groups is 2. The van der Waals surface area contributed by atoms with Crippen LogP contribution in [0.1, 0.15) is 316 Å². The molecule has 0 saturated heterocycles. The molecule has 0 rings (SSSR count). The Kier molecular flexibility index (Phi) is 71.8. The van der Waals surface area contributed by atoms with E-state index in [9.17, 15) is 9.59 Å². The lowest BCUT2D eigenvalue weighted by Gasteiger charge is -2.34. The van der Waals surface area contributed by atoms with Crippen molar-refractivity contribution in [3.63, 3.8) is 0 Å². The predicted molar refractivity (Wildman–Crippen MR) is 420 cm³/mol. The molecule has 0 bridgehead atoms. The fourth-order valence-corrected chi connectivity index (χ4v) is 21.9. The lowest BCUT2D eigenvalue weighted by atomic mass is 9.95. The molecule has 89 heavy (non-hydrogen) atoms. The first-order chi connectivity index (χ1) is 43.1. The summed E-state index contributed by atoms with van der Waals surface area (Å²) in [6.07, 6.45) is 39.0. The number of amides is 2. The molecule has 0 saturated carbocycles. The third kappa shape index (κ3) is 52.2. The Hall–Kier alpha value is 0.340. The molecule has 0 heterocycles. The first kappa shape index (κ1) is 93.5. The van der Waals surface area contributed by atoms with Crippen LogP contribution in [0, 0.1) is 47.3 Å². The first-order valence-corrected chi connectivity index (χ1v) is 46.3. The standard InChI is InChI=1S/C36H72N2O3.C36H72N2OS2.P2S5/c1-9-17-21-31(13-5)25-37(26-32(14-6)22-18-10-2)35(39)29-41-30-36(40)38(27-33(15-7)23-19-11-3)28-34(16-8)24-20-12-4;1-9-17-21-31(13-5)25-37(26-32(14-6)22-18-10-2)35(40)29-39-30-36(41)38(27-33(15-7)23-19-11-3)28-34(16-8)24-20-12-4;3-1-2-5-7-6-4/h2*31-34H,9-30H2,1-8H3;. The van der Waals surface area contributed by atoms with Crippen molar-refractivity contribution in [2.75, 3.05) is 78.8 Å². The first-order valence-electron chi connectivity index (χ1n) is 37.0. The van der Waals surface area contributed by atoms with Gasteiger partial charge in [-0.05, 0) is 149 Å². The van der Waals surface area contributed by atoms with Crippen molar-refractivity contribution < 1.29 is 19.1 Å². The Balaban J connectivity index is -0.00000150. The highest BCUT2D eigenvalue weighted by Crippen LogP contribution is 2.25. The van der Waals surface area contributed by atoms with Crippen LogP contribution in [0.4, 0.5) is 0 Å². The van der Waals surface area contributed by atoms with Crippen LogP contribution in [0.15, 0.2) is 0 Å². The Morgan fingerprint density at radius 3 is 0.730 bits per heavy atom. The maximum absolute atomic E-state index is 13.5. The molecular weight excluding hydrogens is 1270 g/mol. The van der Waals surface area contributed by atoms with Gasteiger partial charge in [-0.3, -0.25) is 9.59 Å². The van der Waals surface area contributed by atoms with Crippen LogP contribution < -0.4 is 0 Å². The van der Waals surface area contributed by atoms with Crippen molar-refractivity contribution >= 4 is 111 Å². The number of carbonyl (C=O) groups excluding carboxylic acids is 2. The minimum Gasteiger partial charge on any atom is -0.367 e. The topological polar surface area (TPSA) is 65.6 Å². The van der Waals surface area contributed by atoms with E-state index >= 15 is 0 Å². The molecule has 0 aromatic heterocycles. The average molecular weight is 1420 g/mol. The maximum atomic E-state index is 13.5. The molecule has 8 atom stereocenters. The van der Waals surface area contributed by atoms with Crippen LogP contribution in [0.5, 0.6) is 0 Å². The summed E-state index contributed by atoms with van der Waals surface area (Å²) in [5.74, 6) is 5.05. The smallest absolute Gasteiger partial charge is 0.248 e. The highest BCUT2D eigenvalue weighted by Gasteiger charge is 2.26. The average Bonchev–Trinajstić information content (AvgIpc) is 3.58. The second-order valence-electron chi connectivity index (χ2n) is 25.9. The second-order valence-corrected chi connectivity index (χ2v) is 36.6. The summed E-state index contributed by atoms with van der Waals surface area (Å²) in [6, 6.07) is 0. The van der Waals surface area contributed by atoms with E-state index in [4.69, 9.17) is 33.9 Å². The van der Waals surface area contributed by atoms with Crippen LogP contribution in [0.2, 0.25) is 0 Å². The van der Waals surface area contributed by atoms with Gasteiger partial charge in [-0.1, -0.05) is 289 Å². The summed E-state index contributed by atoms with van der Waals surface area (Å²) in [5, 5.41) is 0. The summed E-state index contributed by atoms with van der Waals surface area (Å²) >= 11 is 21.4. The molecule has 0 aliphatic heterocycles. The third-order valence-electron chi connectivity index (χ3n) is 18.6. The molecule has 0 aliphatic rings. The molecule has 0 aromatic rings. The van der Waals surface area contributed by atoms with E-state index < -0.39 is 0 Å². The van der Waals surface area contributed by atoms with E-state index in [1.165, 1.54) is 196 Å². The van der Waals surface area contributed by atoms with Crippen LogP contribution in [-0.4, -0.2) is 120 Å². The highest BCUT2D eigenvalue weighted by atomic mass is 33.3. The summed E-state index contributed by atoms with van der Waals surface area (Å²) in [6.45, 7) is 45.1. The van der Waals surface area contributed by atoms with Crippen LogP contribution in [-0.2, 0) is 69.3 Å². The molecule has 0 aromatic carbocycles. The normalized spacial score (nSPS) is 14.0. The monoisotopic (exact) mass is 1410 g/mol. The van der Waals surface area contributed by atoms with Crippen molar-refractivity contribution in [1.29, 1.82) is 0 Å². The van der Waals surface area contributed by atoms with E-state index in [1.807, 2.05) is 0 Å². The SMILES string of the molecule is CCCCC(CC)CN(CC(CC)CCCC)C(=O)COCC(=O)N(CC(CC)CCCC)CC(CC)CCCC.CCCCC(CC)CN(CC(CC)CCCC)C(=S)COCC(=S)N(CC(CC)CCCC)CC(CC)CCCC.S=PP=S=S=S=S. The van der Waals surface area contributed by atoms with Gasteiger partial charge < -0.3 is 29.1 Å². The van der Waals surface area contributed by atoms with Gasteiger partial charge in [0.15, 0.2) is 0 Å². The van der Waals surface area contributed by atoms with Gasteiger partial charge in [-0.15, -0.1) is 0 Å². The van der Waals surface area contributed by atoms with Gasteiger partial charge in [0.05, 0.1) is 13.2 Å². The lowest BCUT2D eigenvalue weighted by molar-refractivity contribution is -0.143. The highest BCUT2D eigenvalue weighted by molar-refractivity contribution is 8.63. The number of rotatable bonds is 57. The van der Waals surface area contributed by atoms with Crippen molar-refractivity contribution in [3.8, 4) is 0 Å². The number of hydrogen-bond acceptors (Lipinski definition) is 8. The third-order valence-corrected chi connectivity index (χ3v) is 29.4. The molecule has 528 valence electrons. The zero-order valence-electron chi connectivity index (χ0n) is 60.9. The van der Waals surface area contributed by atoms with Gasteiger partial charge in [0, 0.05) is 66.4 Å². The number of ether oxygens (including phenoxy) is 2. The molecular formula is C72H144N4O4P2S7. The van der Waals surface area contributed by atoms with Gasteiger partial charge in [-0.2, -0.15) is 0 Å². The summed E-state index contributed by atoms with van der Waals surface area (Å²) in [4.78, 5) is 38.1. The Labute approximate surface area is 586 Å². The van der Waals surface area contributed by atoms with Crippen LogP contribution in [0.3, 0.4) is 0 Å². The van der Waals surface area contributed by atoms with Gasteiger partial charge in [0.2, 0.25) is 11.8 Å². The van der Waals surface area contributed by atoms with E-state index in [2.05, 4.69) is 153 Å². The van der Waals surface area contributed by atoms with Gasteiger partial charge in [0.1, 0.15) is 23.2 Å². The van der Waals surface area contributed by atoms with Crippen molar-refractivity contribution in [1.82, 2.24) is 19.6 Å². The zero-order chi connectivity index (χ0) is 67.3.